The van der Waals surface area contributed by atoms with Crippen LogP contribution in [0.5, 0.6) is 0 Å². The summed E-state index contributed by atoms with van der Waals surface area (Å²) >= 11 is 0. The van der Waals surface area contributed by atoms with Crippen LogP contribution in [0.25, 0.3) is 0 Å². The van der Waals surface area contributed by atoms with Crippen molar-refractivity contribution in [2.24, 2.45) is 5.92 Å². The molecule has 1 unspecified atom stereocenters. The van der Waals surface area contributed by atoms with Gasteiger partial charge < -0.3 is 9.88 Å². The van der Waals surface area contributed by atoms with Gasteiger partial charge in [0.25, 0.3) is 0 Å². The molecule has 0 aliphatic heterocycles. The highest BCUT2D eigenvalue weighted by molar-refractivity contribution is 4.99. The molecule has 1 heterocycles. The number of rotatable bonds is 5. The van der Waals surface area contributed by atoms with E-state index in [1.165, 1.54) is 0 Å². The summed E-state index contributed by atoms with van der Waals surface area (Å²) in [5, 5.41) is 11.9. The van der Waals surface area contributed by atoms with Crippen molar-refractivity contribution in [1.29, 1.82) is 5.26 Å². The summed E-state index contributed by atoms with van der Waals surface area (Å²) in [6, 6.07) is 2.63. The first-order chi connectivity index (χ1) is 7.15. The van der Waals surface area contributed by atoms with E-state index in [2.05, 4.69) is 34.8 Å². The molecule has 0 saturated carbocycles. The molecule has 0 bridgehead atoms. The molecule has 1 aromatic heterocycles. The predicted molar refractivity (Wildman–Crippen MR) is 59.1 cm³/mol. The summed E-state index contributed by atoms with van der Waals surface area (Å²) in [5.74, 6) is 0.0559. The lowest BCUT2D eigenvalue weighted by Gasteiger charge is -2.12. The van der Waals surface area contributed by atoms with Crippen molar-refractivity contribution < 1.29 is 0 Å². The number of nitriles is 1. The number of hydrogen-bond donors (Lipinski definition) is 1. The first-order valence-electron chi connectivity index (χ1n) is 5.26. The smallest absolute Gasteiger partial charge is 0.0951 e. The van der Waals surface area contributed by atoms with E-state index in [1.54, 1.807) is 0 Å². The Morgan fingerprint density at radius 3 is 2.87 bits per heavy atom. The van der Waals surface area contributed by atoms with Crippen molar-refractivity contribution in [3.05, 3.63) is 18.2 Å². The third-order valence-corrected chi connectivity index (χ3v) is 2.28. The lowest BCUT2D eigenvalue weighted by Crippen LogP contribution is -2.21. The number of aromatic nitrogens is 2. The lowest BCUT2D eigenvalue weighted by molar-refractivity contribution is 0.535. The Labute approximate surface area is 90.9 Å². The molecular weight excluding hydrogens is 188 g/mol. The maximum Gasteiger partial charge on any atom is 0.0951 e. The van der Waals surface area contributed by atoms with Crippen LogP contribution in [0.3, 0.4) is 0 Å². The minimum absolute atomic E-state index is 0.0559. The van der Waals surface area contributed by atoms with Gasteiger partial charge in [-0.25, -0.2) is 4.98 Å². The molecule has 4 nitrogen and oxygen atoms in total. The van der Waals surface area contributed by atoms with Gasteiger partial charge in [-0.05, 0) is 20.8 Å². The van der Waals surface area contributed by atoms with Gasteiger partial charge in [0.2, 0.25) is 0 Å². The van der Waals surface area contributed by atoms with Gasteiger partial charge in [0.1, 0.15) is 0 Å². The topological polar surface area (TPSA) is 53.6 Å². The van der Waals surface area contributed by atoms with Crippen LogP contribution in [-0.4, -0.2) is 16.1 Å². The third kappa shape index (κ3) is 3.37. The van der Waals surface area contributed by atoms with Crippen LogP contribution < -0.4 is 5.32 Å². The second-order valence-electron chi connectivity index (χ2n) is 4.05. The fourth-order valence-corrected chi connectivity index (χ4v) is 1.40. The fourth-order valence-electron chi connectivity index (χ4n) is 1.40. The van der Waals surface area contributed by atoms with Gasteiger partial charge in [-0.3, -0.25) is 0 Å². The van der Waals surface area contributed by atoms with E-state index in [0.717, 1.165) is 18.8 Å². The Morgan fingerprint density at radius 2 is 2.27 bits per heavy atom. The molecule has 0 saturated heterocycles. The number of hydrogen-bond acceptors (Lipinski definition) is 3. The minimum atomic E-state index is 0.0559. The molecule has 0 fully saturated rings. The van der Waals surface area contributed by atoms with Gasteiger partial charge >= 0.3 is 0 Å². The van der Waals surface area contributed by atoms with Crippen molar-refractivity contribution in [1.82, 2.24) is 14.9 Å². The summed E-state index contributed by atoms with van der Waals surface area (Å²) < 4.78 is 2.13. The summed E-state index contributed by atoms with van der Waals surface area (Å²) in [5.41, 5.74) is 1.16. The van der Waals surface area contributed by atoms with Crippen LogP contribution in [-0.2, 0) is 6.54 Å². The van der Waals surface area contributed by atoms with E-state index in [0.29, 0.717) is 6.04 Å². The highest BCUT2D eigenvalue weighted by Gasteiger charge is 2.05. The maximum atomic E-state index is 8.63. The Bertz CT molecular complexity index is 335. The van der Waals surface area contributed by atoms with Crippen LogP contribution in [0.4, 0.5) is 0 Å². The van der Waals surface area contributed by atoms with Gasteiger partial charge in [-0.2, -0.15) is 5.26 Å². The van der Waals surface area contributed by atoms with Crippen molar-refractivity contribution in [2.45, 2.75) is 33.4 Å². The molecule has 1 rings (SSSR count). The van der Waals surface area contributed by atoms with Crippen LogP contribution >= 0.6 is 0 Å². The van der Waals surface area contributed by atoms with Crippen LogP contribution in [0.2, 0.25) is 0 Å². The summed E-state index contributed by atoms with van der Waals surface area (Å²) in [7, 11) is 0. The number of nitrogens with zero attached hydrogens (tertiary/aromatic N) is 3. The Hall–Kier alpha value is -1.34. The average molecular weight is 206 g/mol. The van der Waals surface area contributed by atoms with Gasteiger partial charge in [0.05, 0.1) is 24.0 Å². The second-order valence-corrected chi connectivity index (χ2v) is 4.05. The molecule has 0 aliphatic rings. The average Bonchev–Trinajstić information content (AvgIpc) is 2.65. The van der Waals surface area contributed by atoms with Crippen LogP contribution in [0.1, 0.15) is 32.5 Å². The Kier molecular flexibility index (Phi) is 4.32. The third-order valence-electron chi connectivity index (χ3n) is 2.28. The number of nitrogens with one attached hydrogen (secondary N) is 1. The van der Waals surface area contributed by atoms with Crippen LogP contribution in [0, 0.1) is 17.2 Å². The zero-order valence-electron chi connectivity index (χ0n) is 9.57. The van der Waals surface area contributed by atoms with E-state index in [1.807, 2.05) is 19.4 Å². The molecule has 0 amide bonds. The molecule has 0 aliphatic carbocycles. The minimum Gasteiger partial charge on any atom is -0.331 e. The van der Waals surface area contributed by atoms with Crippen molar-refractivity contribution in [2.75, 3.05) is 6.54 Å². The zero-order valence-corrected chi connectivity index (χ0v) is 9.57. The maximum absolute atomic E-state index is 8.63. The molecule has 1 atom stereocenters. The normalized spacial score (nSPS) is 12.7. The molecule has 0 radical (unpaired) electrons. The molecule has 0 spiro atoms. The monoisotopic (exact) mass is 206 g/mol. The molecular formula is C11H18N4. The van der Waals surface area contributed by atoms with E-state index >= 15 is 0 Å². The molecule has 15 heavy (non-hydrogen) atoms. The second kappa shape index (κ2) is 5.52. The zero-order chi connectivity index (χ0) is 11.3. The predicted octanol–water partition coefficient (Wildman–Crippen LogP) is 1.71. The quantitative estimate of drug-likeness (QED) is 0.798. The van der Waals surface area contributed by atoms with E-state index in [-0.39, 0.29) is 5.92 Å². The number of imidazole rings is 1. The Morgan fingerprint density at radius 1 is 1.53 bits per heavy atom. The van der Waals surface area contributed by atoms with E-state index < -0.39 is 0 Å². The SMILES string of the molecule is CC(C#N)CNCc1cncn1C(C)C. The molecule has 4 heteroatoms. The van der Waals surface area contributed by atoms with Crippen molar-refractivity contribution >= 4 is 0 Å². The fraction of sp³-hybridized carbons (Fsp3) is 0.636. The van der Waals surface area contributed by atoms with Crippen LogP contribution in [0.15, 0.2) is 12.5 Å². The summed E-state index contributed by atoms with van der Waals surface area (Å²) in [6.07, 6.45) is 3.71. The van der Waals surface area contributed by atoms with Gasteiger partial charge in [-0.1, -0.05) is 0 Å². The molecule has 1 aromatic rings. The molecule has 0 aromatic carbocycles. The van der Waals surface area contributed by atoms with Crippen molar-refractivity contribution in [3.8, 4) is 6.07 Å². The lowest BCUT2D eigenvalue weighted by atomic mass is 10.2. The first-order valence-corrected chi connectivity index (χ1v) is 5.26. The molecule has 82 valence electrons. The standard InChI is InChI=1S/C11H18N4/c1-9(2)15-8-14-7-11(15)6-13-5-10(3)4-12/h7-10,13H,5-6H2,1-3H3. The van der Waals surface area contributed by atoms with Gasteiger partial charge in [0, 0.05) is 25.3 Å². The highest BCUT2D eigenvalue weighted by Crippen LogP contribution is 2.08. The van der Waals surface area contributed by atoms with Crippen molar-refractivity contribution in [3.63, 3.8) is 0 Å². The Balaban J connectivity index is 2.44. The largest absolute Gasteiger partial charge is 0.331 e. The highest BCUT2D eigenvalue weighted by atomic mass is 15.1. The van der Waals surface area contributed by atoms with E-state index in [9.17, 15) is 0 Å². The summed E-state index contributed by atoms with van der Waals surface area (Å²) in [6.45, 7) is 7.66. The summed E-state index contributed by atoms with van der Waals surface area (Å²) in [4.78, 5) is 4.12. The first kappa shape index (κ1) is 11.7. The molecule has 1 N–H and O–H groups in total. The van der Waals surface area contributed by atoms with E-state index in [4.69, 9.17) is 5.26 Å². The van der Waals surface area contributed by atoms with Gasteiger partial charge in [0.15, 0.2) is 0 Å². The van der Waals surface area contributed by atoms with Gasteiger partial charge in [-0.15, -0.1) is 0 Å².